The molecule has 46 heavy (non-hydrogen) atoms. The number of rotatable bonds is 2. The Labute approximate surface area is 271 Å². The summed E-state index contributed by atoms with van der Waals surface area (Å²) in [5.41, 5.74) is 25.2. The van der Waals surface area contributed by atoms with Gasteiger partial charge < -0.3 is 0 Å². The summed E-state index contributed by atoms with van der Waals surface area (Å²) in [6.07, 6.45) is 16.2. The van der Waals surface area contributed by atoms with Gasteiger partial charge in [0, 0.05) is 5.41 Å². The second kappa shape index (κ2) is 8.60. The topological polar surface area (TPSA) is 0 Å². The fraction of sp³-hybridized carbons (Fsp3) is 0.304. The highest BCUT2D eigenvalue weighted by Crippen LogP contribution is 2.58. The van der Waals surface area contributed by atoms with Gasteiger partial charge in [0.25, 0.3) is 0 Å². The molecule has 0 saturated heterocycles. The van der Waals surface area contributed by atoms with Crippen LogP contribution in [0.5, 0.6) is 0 Å². The first-order chi connectivity index (χ1) is 22.7. The van der Waals surface area contributed by atoms with Crippen LogP contribution in [-0.4, -0.2) is 0 Å². The van der Waals surface area contributed by atoms with E-state index in [1.807, 2.05) is 0 Å². The number of benzene rings is 6. The van der Waals surface area contributed by atoms with Gasteiger partial charge in [0.05, 0.1) is 0 Å². The minimum Gasteiger partial charge on any atom is -0.0581 e. The van der Waals surface area contributed by atoms with Crippen LogP contribution in [0.25, 0.3) is 54.9 Å². The Bertz CT molecular complexity index is 2230. The second-order valence-electron chi connectivity index (χ2n) is 15.6. The third kappa shape index (κ3) is 2.99. The molecule has 1 spiro atoms. The Morgan fingerprint density at radius 2 is 0.783 bits per heavy atom. The predicted molar refractivity (Wildman–Crippen MR) is 191 cm³/mol. The first kappa shape index (κ1) is 25.0. The van der Waals surface area contributed by atoms with Crippen molar-refractivity contribution in [1.29, 1.82) is 0 Å². The molecular formula is C46H38. The van der Waals surface area contributed by atoms with E-state index < -0.39 is 0 Å². The summed E-state index contributed by atoms with van der Waals surface area (Å²) < 4.78 is 0. The molecule has 6 aliphatic carbocycles. The average Bonchev–Trinajstić information content (AvgIpc) is 3.93. The highest BCUT2D eigenvalue weighted by Gasteiger charge is 2.44. The van der Waals surface area contributed by atoms with Crippen molar-refractivity contribution in [3.63, 3.8) is 0 Å². The van der Waals surface area contributed by atoms with Crippen molar-refractivity contribution in [2.75, 3.05) is 0 Å². The van der Waals surface area contributed by atoms with E-state index in [9.17, 15) is 0 Å². The third-order valence-electron chi connectivity index (χ3n) is 13.6. The van der Waals surface area contributed by atoms with Crippen LogP contribution in [0.2, 0.25) is 0 Å². The van der Waals surface area contributed by atoms with Gasteiger partial charge in [-0.3, -0.25) is 0 Å². The van der Waals surface area contributed by atoms with Crippen molar-refractivity contribution in [2.45, 2.75) is 88.9 Å². The van der Waals surface area contributed by atoms with Crippen LogP contribution in [-0.2, 0) is 56.8 Å². The maximum Gasteiger partial charge on any atom is 0.0215 e. The zero-order valence-electron chi connectivity index (χ0n) is 26.6. The molecule has 222 valence electrons. The van der Waals surface area contributed by atoms with Gasteiger partial charge in [-0.2, -0.15) is 0 Å². The van der Waals surface area contributed by atoms with Gasteiger partial charge in [-0.1, -0.05) is 79.9 Å². The van der Waals surface area contributed by atoms with Gasteiger partial charge in [0.15, 0.2) is 0 Å². The van der Waals surface area contributed by atoms with Crippen molar-refractivity contribution < 1.29 is 0 Å². The molecule has 6 aromatic rings. The minimum atomic E-state index is 0.146. The lowest BCUT2D eigenvalue weighted by Gasteiger charge is -2.36. The molecule has 0 heteroatoms. The Morgan fingerprint density at radius 1 is 0.348 bits per heavy atom. The molecule has 0 aliphatic heterocycles. The summed E-state index contributed by atoms with van der Waals surface area (Å²) in [7, 11) is 0. The normalized spacial score (nSPS) is 18.8. The Balaban J connectivity index is 1.05. The summed E-state index contributed by atoms with van der Waals surface area (Å²) in [6, 6.07) is 30.3. The summed E-state index contributed by atoms with van der Waals surface area (Å²) in [4.78, 5) is 0. The maximum atomic E-state index is 2.67. The lowest BCUT2D eigenvalue weighted by Crippen LogP contribution is -2.28. The van der Waals surface area contributed by atoms with E-state index in [-0.39, 0.29) is 5.41 Å². The molecule has 0 amide bonds. The molecule has 6 aliphatic rings. The van der Waals surface area contributed by atoms with Crippen molar-refractivity contribution in [3.8, 4) is 33.4 Å². The number of hydrogen-bond acceptors (Lipinski definition) is 0. The number of aryl methyl sites for hydroxylation is 8. The van der Waals surface area contributed by atoms with Crippen molar-refractivity contribution >= 4 is 21.5 Å². The van der Waals surface area contributed by atoms with Crippen molar-refractivity contribution in [1.82, 2.24) is 0 Å². The van der Waals surface area contributed by atoms with Crippen LogP contribution < -0.4 is 0 Å². The van der Waals surface area contributed by atoms with E-state index >= 15 is 0 Å². The molecule has 1 fully saturated rings. The fourth-order valence-corrected chi connectivity index (χ4v) is 11.6. The summed E-state index contributed by atoms with van der Waals surface area (Å²) in [5.74, 6) is 0. The molecular weight excluding hydrogens is 553 g/mol. The molecule has 0 unspecified atom stereocenters. The van der Waals surface area contributed by atoms with E-state index in [1.165, 1.54) is 117 Å². The molecule has 12 rings (SSSR count). The zero-order chi connectivity index (χ0) is 29.7. The van der Waals surface area contributed by atoms with Gasteiger partial charge in [0.2, 0.25) is 0 Å². The molecule has 0 N–H and O–H groups in total. The number of fused-ring (bicyclic) bond motifs is 5. The zero-order valence-corrected chi connectivity index (χ0v) is 26.6. The highest BCUT2D eigenvalue weighted by atomic mass is 14.5. The average molecular weight is 591 g/mol. The van der Waals surface area contributed by atoms with Gasteiger partial charge in [-0.25, -0.2) is 0 Å². The standard InChI is InChI=1S/C46H38/c1-2-20-46(21-3-1)40-24-30(38-22-32-10-8-26-4-6-28-12-18-36(38)44(28)42(26)32)14-16-34(40)35-17-15-31(25-41(35)46)39-23-33-11-9-27-5-7-29-13-19-37(39)45(29)43(27)33/h4-7,14-17,22-25H,1-3,8-13,18-21H2. The molecule has 0 heterocycles. The van der Waals surface area contributed by atoms with E-state index in [0.29, 0.717) is 0 Å². The molecule has 0 nitrogen and oxygen atoms in total. The predicted octanol–water partition coefficient (Wildman–Crippen LogP) is 11.0. The molecule has 6 aromatic carbocycles. The summed E-state index contributed by atoms with van der Waals surface area (Å²) in [6.45, 7) is 0. The SMILES string of the molecule is c1cc2c(cc1-c1cc3c4c(ccc5c4c1CC5)CC3)C1(CCCCC1)c1cc(-c3cc4c5c(ccc6c5c3CC6)CC4)ccc1-2. The van der Waals surface area contributed by atoms with E-state index in [4.69, 9.17) is 0 Å². The second-order valence-corrected chi connectivity index (χ2v) is 15.6. The van der Waals surface area contributed by atoms with Crippen molar-refractivity contribution in [2.24, 2.45) is 0 Å². The van der Waals surface area contributed by atoms with Crippen molar-refractivity contribution in [3.05, 3.63) is 128 Å². The smallest absolute Gasteiger partial charge is 0.0215 e. The van der Waals surface area contributed by atoms with E-state index in [0.717, 1.165) is 0 Å². The lowest BCUT2D eigenvalue weighted by molar-refractivity contribution is 0.353. The van der Waals surface area contributed by atoms with Crippen LogP contribution in [0.4, 0.5) is 0 Å². The van der Waals surface area contributed by atoms with E-state index in [2.05, 4.69) is 72.8 Å². The van der Waals surface area contributed by atoms with Crippen LogP contribution in [0, 0.1) is 0 Å². The Kier molecular flexibility index (Phi) is 4.67. The highest BCUT2D eigenvalue weighted by molar-refractivity contribution is 6.03. The molecule has 0 radical (unpaired) electrons. The monoisotopic (exact) mass is 590 g/mol. The van der Waals surface area contributed by atoms with Gasteiger partial charge in [0.1, 0.15) is 0 Å². The summed E-state index contributed by atoms with van der Waals surface area (Å²) >= 11 is 0. The third-order valence-corrected chi connectivity index (χ3v) is 13.6. The molecule has 1 saturated carbocycles. The minimum absolute atomic E-state index is 0.146. The molecule has 0 atom stereocenters. The first-order valence-corrected chi connectivity index (χ1v) is 18.2. The lowest BCUT2D eigenvalue weighted by atomic mass is 9.67. The Hall–Kier alpha value is -4.16. The molecule has 0 bridgehead atoms. The van der Waals surface area contributed by atoms with E-state index in [1.54, 1.807) is 77.2 Å². The van der Waals surface area contributed by atoms with Gasteiger partial charge in [-0.15, -0.1) is 0 Å². The maximum absolute atomic E-state index is 2.67. The van der Waals surface area contributed by atoms with Gasteiger partial charge >= 0.3 is 0 Å². The Morgan fingerprint density at radius 3 is 1.28 bits per heavy atom. The van der Waals surface area contributed by atoms with Crippen LogP contribution in [0.3, 0.4) is 0 Å². The fourth-order valence-electron chi connectivity index (χ4n) is 11.6. The van der Waals surface area contributed by atoms with Crippen LogP contribution >= 0.6 is 0 Å². The molecule has 0 aromatic heterocycles. The quantitative estimate of drug-likeness (QED) is 0.188. The van der Waals surface area contributed by atoms with Crippen LogP contribution in [0.15, 0.2) is 72.8 Å². The van der Waals surface area contributed by atoms with Gasteiger partial charge in [-0.05, 0) is 187 Å². The summed E-state index contributed by atoms with van der Waals surface area (Å²) in [5, 5.41) is 6.45. The van der Waals surface area contributed by atoms with Crippen LogP contribution in [0.1, 0.15) is 87.7 Å². The largest absolute Gasteiger partial charge is 0.0581 e. The first-order valence-electron chi connectivity index (χ1n) is 18.2. The number of hydrogen-bond donors (Lipinski definition) is 0.